The van der Waals surface area contributed by atoms with Crippen LogP contribution in [-0.2, 0) is 0 Å². The zero-order chi connectivity index (χ0) is 16.3. The summed E-state index contributed by atoms with van der Waals surface area (Å²) in [6, 6.07) is 9.91. The molecule has 0 radical (unpaired) electrons. The van der Waals surface area contributed by atoms with Crippen molar-refractivity contribution in [2.75, 3.05) is 0 Å². The molecule has 5 aliphatic carbocycles. The predicted octanol–water partition coefficient (Wildman–Crippen LogP) is 1.74. The van der Waals surface area contributed by atoms with Crippen LogP contribution >= 0.6 is 0 Å². The first-order valence-corrected chi connectivity index (χ1v) is 9.42. The van der Waals surface area contributed by atoms with Crippen molar-refractivity contribution < 1.29 is 0 Å². The van der Waals surface area contributed by atoms with E-state index in [0.29, 0.717) is 17.5 Å². The Bertz CT molecular complexity index is 1090. The van der Waals surface area contributed by atoms with Gasteiger partial charge in [0.05, 0.1) is 17.8 Å². The summed E-state index contributed by atoms with van der Waals surface area (Å²) in [5.74, 6) is 2.86. The van der Waals surface area contributed by atoms with Gasteiger partial charge in [0, 0.05) is 10.8 Å². The third kappa shape index (κ3) is 0.847. The van der Waals surface area contributed by atoms with Crippen LogP contribution in [-0.4, -0.2) is 13.9 Å². The second-order valence-electron chi connectivity index (χ2n) is 8.99. The smallest absolute Gasteiger partial charge is 0.245 e. The van der Waals surface area contributed by atoms with Gasteiger partial charge in [-0.3, -0.25) is 0 Å². The van der Waals surface area contributed by atoms with Gasteiger partial charge < -0.3 is 0 Å². The highest BCUT2D eigenvalue weighted by Gasteiger charge is 3.02. The van der Waals surface area contributed by atoms with Crippen molar-refractivity contribution in [3.05, 3.63) is 63.5 Å². The van der Waals surface area contributed by atoms with Crippen LogP contribution in [0.3, 0.4) is 0 Å². The summed E-state index contributed by atoms with van der Waals surface area (Å²) in [5, 5.41) is 0. The molecule has 2 aliphatic heterocycles. The Balaban J connectivity index is 1.48. The quantitative estimate of drug-likeness (QED) is 0.748. The molecule has 2 bridgehead atoms. The monoisotopic (exact) mass is 331 g/mol. The van der Waals surface area contributed by atoms with E-state index in [1.807, 2.05) is 39.7 Å². The third-order valence-corrected chi connectivity index (χ3v) is 8.88. The molecule has 4 fully saturated rings. The van der Waals surface area contributed by atoms with Gasteiger partial charge in [-0.2, -0.15) is 0 Å². The molecule has 2 aromatic rings. The topological polar surface area (TPSA) is 48.9 Å². The molecule has 0 N–H and O–H groups in total. The van der Waals surface area contributed by atoms with Crippen LogP contribution in [0.15, 0.2) is 52.1 Å². The van der Waals surface area contributed by atoms with E-state index in [9.17, 15) is 9.59 Å². The van der Waals surface area contributed by atoms with E-state index in [1.165, 1.54) is 4.57 Å². The van der Waals surface area contributed by atoms with Gasteiger partial charge in [0.2, 0.25) is 0 Å². The van der Waals surface area contributed by atoms with Crippen LogP contribution in [0.1, 0.15) is 24.9 Å². The summed E-state index contributed by atoms with van der Waals surface area (Å²) >= 11 is 0. The minimum absolute atomic E-state index is 0.125. The second-order valence-corrected chi connectivity index (χ2v) is 8.99. The Morgan fingerprint density at radius 2 is 1.36 bits per heavy atom. The molecule has 9 rings (SSSR count). The van der Waals surface area contributed by atoms with Gasteiger partial charge in [0.25, 0.3) is 0 Å². The first kappa shape index (κ1) is 12.1. The summed E-state index contributed by atoms with van der Waals surface area (Å²) < 4.78 is 5.19. The minimum Gasteiger partial charge on any atom is -0.245 e. The predicted molar refractivity (Wildman–Crippen MR) is 89.6 cm³/mol. The molecule has 0 saturated heterocycles. The van der Waals surface area contributed by atoms with E-state index >= 15 is 0 Å². The van der Waals surface area contributed by atoms with Crippen molar-refractivity contribution in [3.8, 4) is 5.69 Å². The molecule has 4 saturated carbocycles. The van der Waals surface area contributed by atoms with Gasteiger partial charge in [-0.1, -0.05) is 30.4 Å². The lowest BCUT2D eigenvalue weighted by Gasteiger charge is -2.49. The molecule has 5 heteroatoms. The van der Waals surface area contributed by atoms with Crippen LogP contribution in [0.5, 0.6) is 0 Å². The molecule has 25 heavy (non-hydrogen) atoms. The second kappa shape index (κ2) is 3.11. The number of nitrogens with zero attached hydrogens (tertiary/aromatic N) is 3. The fourth-order valence-electron chi connectivity index (χ4n) is 8.62. The number of hydrogen-bond acceptors (Lipinski definition) is 2. The highest BCUT2D eigenvalue weighted by molar-refractivity contribution is 5.51. The first-order valence-electron chi connectivity index (χ1n) is 9.42. The summed E-state index contributed by atoms with van der Waals surface area (Å²) in [6.07, 6.45) is 6.88. The van der Waals surface area contributed by atoms with E-state index in [0.717, 1.165) is 24.7 Å². The van der Waals surface area contributed by atoms with Crippen LogP contribution in [0.25, 0.3) is 5.69 Å². The lowest BCUT2D eigenvalue weighted by atomic mass is 9.67. The lowest BCUT2D eigenvalue weighted by molar-refractivity contribution is -0.00147. The fourth-order valence-corrected chi connectivity index (χ4v) is 8.62. The summed E-state index contributed by atoms with van der Waals surface area (Å²) in [6.45, 7) is 0. The molecule has 6 atom stereocenters. The highest BCUT2D eigenvalue weighted by atomic mass is 16.2. The highest BCUT2D eigenvalue weighted by Crippen LogP contribution is 3.04. The van der Waals surface area contributed by atoms with E-state index in [2.05, 4.69) is 12.2 Å². The van der Waals surface area contributed by atoms with Crippen molar-refractivity contribution in [1.82, 2.24) is 13.9 Å². The zero-order valence-corrected chi connectivity index (χ0v) is 13.6. The average molecular weight is 331 g/mol. The van der Waals surface area contributed by atoms with Crippen molar-refractivity contribution in [1.29, 1.82) is 0 Å². The van der Waals surface area contributed by atoms with Gasteiger partial charge in [0.15, 0.2) is 0 Å². The number of para-hydroxylation sites is 1. The standard InChI is InChI=1S/C20H17N3O2/c24-17-21(10-6-2-1-3-7-10)18(25)23-16-13-11-12(13)15(22(17)23)19-8-4-5-9-20(16,19)14(11)19/h1-7,11-16H,8-9H2/t11?,12-,13-,14?,15-,16-,19+,20+/m0/s1. The van der Waals surface area contributed by atoms with Crippen molar-refractivity contribution >= 4 is 0 Å². The molecule has 0 unspecified atom stereocenters. The largest absolute Gasteiger partial charge is 0.352 e. The van der Waals surface area contributed by atoms with E-state index in [4.69, 9.17) is 0 Å². The summed E-state index contributed by atoms with van der Waals surface area (Å²) in [7, 11) is 0. The molecule has 3 heterocycles. The molecule has 124 valence electrons. The number of allylic oxidation sites excluding steroid dienone is 2. The molecule has 1 aromatic carbocycles. The molecule has 0 amide bonds. The third-order valence-electron chi connectivity index (χ3n) is 8.88. The Morgan fingerprint density at radius 1 is 0.800 bits per heavy atom. The SMILES string of the molecule is O=c1n(-c2ccccc2)c(=O)n2n1[C@H]1[C@H]3C4C5[C@]16CC=CC[C@]56[C@@H]2[C@@H]43. The molecular weight excluding hydrogens is 314 g/mol. The van der Waals surface area contributed by atoms with Gasteiger partial charge in [-0.15, -0.1) is 0 Å². The Kier molecular flexibility index (Phi) is 1.51. The molecule has 7 aliphatic rings. The zero-order valence-electron chi connectivity index (χ0n) is 13.6. The van der Waals surface area contributed by atoms with Crippen molar-refractivity contribution in [2.24, 2.45) is 34.5 Å². The average Bonchev–Trinajstić information content (AvgIpc) is 3.41. The van der Waals surface area contributed by atoms with Crippen LogP contribution in [0.2, 0.25) is 0 Å². The van der Waals surface area contributed by atoms with Crippen LogP contribution in [0, 0.1) is 34.5 Å². The maximum Gasteiger partial charge on any atom is 0.352 e. The molecule has 2 spiro atoms. The van der Waals surface area contributed by atoms with Crippen molar-refractivity contribution in [2.45, 2.75) is 24.9 Å². The maximum absolute atomic E-state index is 13.3. The fraction of sp³-hybridized carbons (Fsp3) is 0.500. The van der Waals surface area contributed by atoms with Crippen LogP contribution < -0.4 is 11.4 Å². The minimum atomic E-state index is -0.125. The Morgan fingerprint density at radius 3 is 1.92 bits per heavy atom. The van der Waals surface area contributed by atoms with E-state index in [1.54, 1.807) is 0 Å². The van der Waals surface area contributed by atoms with Gasteiger partial charge in [0.1, 0.15) is 0 Å². The number of hydrogen-bond donors (Lipinski definition) is 0. The van der Waals surface area contributed by atoms with Crippen LogP contribution in [0.4, 0.5) is 0 Å². The number of benzene rings is 1. The number of aromatic nitrogens is 3. The normalized spacial score (nSPS) is 50.6. The molecule has 1 aromatic heterocycles. The first-order chi connectivity index (χ1) is 12.2. The van der Waals surface area contributed by atoms with Gasteiger partial charge in [-0.05, 0) is 48.6 Å². The number of rotatable bonds is 1. The summed E-state index contributed by atoms with van der Waals surface area (Å²) in [4.78, 5) is 26.6. The Hall–Kier alpha value is -2.30. The summed E-state index contributed by atoms with van der Waals surface area (Å²) in [5.41, 5.74) is 1.02. The molecular formula is C20H17N3O2. The molecule has 5 nitrogen and oxygen atoms in total. The maximum atomic E-state index is 13.3. The van der Waals surface area contributed by atoms with Gasteiger partial charge >= 0.3 is 11.4 Å². The lowest BCUT2D eigenvalue weighted by Crippen LogP contribution is -2.53. The Labute approximate surface area is 143 Å². The van der Waals surface area contributed by atoms with E-state index in [-0.39, 0.29) is 34.3 Å². The van der Waals surface area contributed by atoms with Crippen molar-refractivity contribution in [3.63, 3.8) is 0 Å². The van der Waals surface area contributed by atoms with Gasteiger partial charge in [-0.25, -0.2) is 23.5 Å². The van der Waals surface area contributed by atoms with E-state index < -0.39 is 0 Å².